The zero-order valence-electron chi connectivity index (χ0n) is 20.4. The van der Waals surface area contributed by atoms with E-state index in [1.807, 2.05) is 30.3 Å². The quantitative estimate of drug-likeness (QED) is 0.361. The van der Waals surface area contributed by atoms with Gasteiger partial charge in [-0.2, -0.15) is 5.26 Å². The van der Waals surface area contributed by atoms with Crippen LogP contribution in [0, 0.1) is 11.3 Å². The van der Waals surface area contributed by atoms with Gasteiger partial charge in [-0.3, -0.25) is 4.90 Å². The van der Waals surface area contributed by atoms with E-state index in [1.54, 1.807) is 19.4 Å². The standard InChI is InChI=1S/C28H30N6O/c1-19(2)34-18-20(24-14-23(35-3)11-12-26(24)34)17-33-13-5-7-27(33)25-6-4-8-28(32-25)31-22-10-9-21(15-29)30-16-22/h4,6,8-12,14,16,18-19,27H,5,7,13,17H2,1-3H3,(H,31,32)/t27-/m0/s1. The minimum absolute atomic E-state index is 0.263. The highest BCUT2D eigenvalue weighted by Gasteiger charge is 2.28. The van der Waals surface area contributed by atoms with Gasteiger partial charge in [0.05, 0.1) is 30.7 Å². The fraction of sp³-hybridized carbons (Fsp3) is 0.321. The Morgan fingerprint density at radius 1 is 1.20 bits per heavy atom. The maximum Gasteiger partial charge on any atom is 0.140 e. The molecule has 0 unspecified atom stereocenters. The Bertz CT molecular complexity index is 1370. The number of hydrogen-bond donors (Lipinski definition) is 1. The molecule has 0 amide bonds. The zero-order valence-corrected chi connectivity index (χ0v) is 20.4. The van der Waals surface area contributed by atoms with Crippen LogP contribution >= 0.6 is 0 Å². The van der Waals surface area contributed by atoms with E-state index >= 15 is 0 Å². The van der Waals surface area contributed by atoms with Crippen LogP contribution in [0.3, 0.4) is 0 Å². The zero-order chi connectivity index (χ0) is 24.4. The van der Waals surface area contributed by atoms with Gasteiger partial charge in [-0.1, -0.05) is 6.07 Å². The van der Waals surface area contributed by atoms with Crippen LogP contribution in [0.2, 0.25) is 0 Å². The van der Waals surface area contributed by atoms with E-state index in [9.17, 15) is 0 Å². The van der Waals surface area contributed by atoms with Crippen LogP contribution in [0.25, 0.3) is 10.9 Å². The number of nitrogens with one attached hydrogen (secondary N) is 1. The van der Waals surface area contributed by atoms with Gasteiger partial charge in [0.25, 0.3) is 0 Å². The van der Waals surface area contributed by atoms with Gasteiger partial charge in [-0.05, 0) is 81.3 Å². The summed E-state index contributed by atoms with van der Waals surface area (Å²) in [4.78, 5) is 11.6. The van der Waals surface area contributed by atoms with Gasteiger partial charge in [0.2, 0.25) is 0 Å². The van der Waals surface area contributed by atoms with Crippen molar-refractivity contribution in [2.45, 2.75) is 45.3 Å². The molecule has 3 aromatic heterocycles. The Morgan fingerprint density at radius 3 is 2.83 bits per heavy atom. The van der Waals surface area contributed by atoms with Gasteiger partial charge in [-0.25, -0.2) is 9.97 Å². The van der Waals surface area contributed by atoms with Crippen molar-refractivity contribution >= 4 is 22.4 Å². The van der Waals surface area contributed by atoms with Gasteiger partial charge < -0.3 is 14.6 Å². The minimum Gasteiger partial charge on any atom is -0.497 e. The summed E-state index contributed by atoms with van der Waals surface area (Å²) in [5.74, 6) is 1.66. The third kappa shape index (κ3) is 4.71. The third-order valence-corrected chi connectivity index (χ3v) is 6.68. The summed E-state index contributed by atoms with van der Waals surface area (Å²) >= 11 is 0. The fourth-order valence-electron chi connectivity index (χ4n) is 4.94. The molecule has 0 bridgehead atoms. The van der Waals surface area contributed by atoms with E-state index < -0.39 is 0 Å². The Kier molecular flexibility index (Phi) is 6.39. The molecule has 4 aromatic rings. The van der Waals surface area contributed by atoms with Crippen LogP contribution in [-0.2, 0) is 6.54 Å². The number of nitrogens with zero attached hydrogens (tertiary/aromatic N) is 5. The largest absolute Gasteiger partial charge is 0.497 e. The van der Waals surface area contributed by atoms with Crippen molar-refractivity contribution in [1.29, 1.82) is 5.26 Å². The molecule has 178 valence electrons. The number of ether oxygens (including phenoxy) is 1. The normalized spacial score (nSPS) is 16.0. The number of fused-ring (bicyclic) bond motifs is 1. The van der Waals surface area contributed by atoms with Crippen molar-refractivity contribution in [1.82, 2.24) is 19.4 Å². The lowest BCUT2D eigenvalue weighted by molar-refractivity contribution is 0.245. The summed E-state index contributed by atoms with van der Waals surface area (Å²) in [6, 6.07) is 18.7. The monoisotopic (exact) mass is 466 g/mol. The summed E-state index contributed by atoms with van der Waals surface area (Å²) in [6.07, 6.45) is 6.19. The van der Waals surface area contributed by atoms with E-state index in [0.29, 0.717) is 11.7 Å². The molecule has 1 saturated heterocycles. The molecule has 7 heteroatoms. The molecule has 1 atom stereocenters. The van der Waals surface area contributed by atoms with Crippen molar-refractivity contribution in [3.8, 4) is 11.8 Å². The first-order chi connectivity index (χ1) is 17.1. The highest BCUT2D eigenvalue weighted by atomic mass is 16.5. The maximum atomic E-state index is 8.96. The number of methoxy groups -OCH3 is 1. The SMILES string of the molecule is COc1ccc2c(c1)c(CN1CCC[C@H]1c1cccc(Nc3ccc(C#N)nc3)n1)cn2C(C)C. The molecule has 0 aliphatic carbocycles. The first-order valence-corrected chi connectivity index (χ1v) is 12.1. The van der Waals surface area contributed by atoms with Crippen LogP contribution in [0.4, 0.5) is 11.5 Å². The van der Waals surface area contributed by atoms with E-state index in [4.69, 9.17) is 15.0 Å². The summed E-state index contributed by atoms with van der Waals surface area (Å²) < 4.78 is 7.87. The number of likely N-dealkylation sites (tertiary alicyclic amines) is 1. The van der Waals surface area contributed by atoms with Crippen molar-refractivity contribution in [2.24, 2.45) is 0 Å². The van der Waals surface area contributed by atoms with Gasteiger partial charge in [0.15, 0.2) is 0 Å². The molecule has 4 heterocycles. The van der Waals surface area contributed by atoms with Crippen LogP contribution < -0.4 is 10.1 Å². The van der Waals surface area contributed by atoms with Crippen molar-refractivity contribution < 1.29 is 4.74 Å². The minimum atomic E-state index is 0.263. The molecule has 7 nitrogen and oxygen atoms in total. The molecule has 0 spiro atoms. The summed E-state index contributed by atoms with van der Waals surface area (Å²) in [5.41, 5.74) is 4.84. The van der Waals surface area contributed by atoms with E-state index in [2.05, 4.69) is 58.0 Å². The molecule has 35 heavy (non-hydrogen) atoms. The second-order valence-electron chi connectivity index (χ2n) is 9.28. The number of hydrogen-bond acceptors (Lipinski definition) is 6. The summed E-state index contributed by atoms with van der Waals surface area (Å²) in [6.45, 7) is 6.35. The molecular formula is C28H30N6O. The van der Waals surface area contributed by atoms with Gasteiger partial charge in [0.1, 0.15) is 23.3 Å². The lowest BCUT2D eigenvalue weighted by Gasteiger charge is -2.24. The molecule has 1 N–H and O–H groups in total. The van der Waals surface area contributed by atoms with E-state index in [-0.39, 0.29) is 6.04 Å². The highest BCUT2D eigenvalue weighted by molar-refractivity contribution is 5.85. The third-order valence-electron chi connectivity index (χ3n) is 6.68. The smallest absolute Gasteiger partial charge is 0.140 e. The number of anilines is 2. The van der Waals surface area contributed by atoms with Crippen molar-refractivity contribution in [3.05, 3.63) is 77.9 Å². The van der Waals surface area contributed by atoms with Crippen LogP contribution in [0.15, 0.2) is 60.9 Å². The maximum absolute atomic E-state index is 8.96. The molecule has 1 fully saturated rings. The number of benzene rings is 1. The average Bonchev–Trinajstić information content (AvgIpc) is 3.49. The predicted octanol–water partition coefficient (Wildman–Crippen LogP) is 5.97. The van der Waals surface area contributed by atoms with Crippen LogP contribution in [0.5, 0.6) is 5.75 Å². The summed E-state index contributed by atoms with van der Waals surface area (Å²) in [7, 11) is 1.72. The van der Waals surface area contributed by atoms with Gasteiger partial charge in [0, 0.05) is 29.7 Å². The second kappa shape index (κ2) is 9.77. The number of aromatic nitrogens is 3. The topological polar surface area (TPSA) is 79.0 Å². The molecule has 0 saturated carbocycles. The molecule has 1 aromatic carbocycles. The van der Waals surface area contributed by atoms with Crippen molar-refractivity contribution in [2.75, 3.05) is 19.0 Å². The van der Waals surface area contributed by atoms with Crippen LogP contribution in [-0.4, -0.2) is 33.1 Å². The first kappa shape index (κ1) is 22.9. The summed E-state index contributed by atoms with van der Waals surface area (Å²) in [5, 5.41) is 13.5. The van der Waals surface area contributed by atoms with Gasteiger partial charge >= 0.3 is 0 Å². The Balaban J connectivity index is 1.40. The Labute approximate surface area is 206 Å². The molecule has 1 aliphatic heterocycles. The Morgan fingerprint density at radius 2 is 2.09 bits per heavy atom. The fourth-order valence-corrected chi connectivity index (χ4v) is 4.94. The number of pyridine rings is 2. The second-order valence-corrected chi connectivity index (χ2v) is 9.28. The van der Waals surface area contributed by atoms with E-state index in [0.717, 1.165) is 48.9 Å². The molecule has 0 radical (unpaired) electrons. The number of rotatable bonds is 7. The van der Waals surface area contributed by atoms with E-state index in [1.165, 1.54) is 16.5 Å². The molecule has 5 rings (SSSR count). The van der Waals surface area contributed by atoms with Crippen LogP contribution in [0.1, 0.15) is 55.7 Å². The Hall–Kier alpha value is -3.89. The molecular weight excluding hydrogens is 436 g/mol. The highest BCUT2D eigenvalue weighted by Crippen LogP contribution is 2.36. The molecule has 1 aliphatic rings. The first-order valence-electron chi connectivity index (χ1n) is 12.1. The average molecular weight is 467 g/mol. The number of nitriles is 1. The lowest BCUT2D eigenvalue weighted by atomic mass is 10.1. The van der Waals surface area contributed by atoms with Gasteiger partial charge in [-0.15, -0.1) is 0 Å². The van der Waals surface area contributed by atoms with Crippen molar-refractivity contribution in [3.63, 3.8) is 0 Å². The lowest BCUT2D eigenvalue weighted by Crippen LogP contribution is -2.23. The predicted molar refractivity (Wildman–Crippen MR) is 138 cm³/mol.